The molecule has 6 nitrogen and oxygen atoms in total. The standard InChI is InChI=1S/C18H20N2O4/c1-3-23-18(22)16(12-14-8-10-19-11-9-14)20-17(21)7-6-15-5-4-13(2)24-15/h4-11,16H,3,12H2,1-2H3,(H,20,21)/b7-6+. The molecule has 0 bridgehead atoms. The lowest BCUT2D eigenvalue weighted by Gasteiger charge is -2.16. The summed E-state index contributed by atoms with van der Waals surface area (Å²) in [5.74, 6) is 0.475. The van der Waals surface area contributed by atoms with Crippen LogP contribution < -0.4 is 5.32 Å². The van der Waals surface area contributed by atoms with E-state index in [0.717, 1.165) is 11.3 Å². The van der Waals surface area contributed by atoms with Crippen molar-refractivity contribution in [2.45, 2.75) is 26.3 Å². The molecule has 2 aromatic rings. The second-order valence-electron chi connectivity index (χ2n) is 5.15. The van der Waals surface area contributed by atoms with Gasteiger partial charge >= 0.3 is 5.97 Å². The molecular weight excluding hydrogens is 308 g/mol. The van der Waals surface area contributed by atoms with Gasteiger partial charge in [0.2, 0.25) is 5.91 Å². The van der Waals surface area contributed by atoms with Crippen LogP contribution >= 0.6 is 0 Å². The zero-order chi connectivity index (χ0) is 17.4. The van der Waals surface area contributed by atoms with E-state index in [1.54, 1.807) is 43.6 Å². The van der Waals surface area contributed by atoms with E-state index in [1.165, 1.54) is 6.08 Å². The first kappa shape index (κ1) is 17.5. The monoisotopic (exact) mass is 328 g/mol. The summed E-state index contributed by atoms with van der Waals surface area (Å²) >= 11 is 0. The minimum atomic E-state index is -0.761. The molecule has 0 saturated carbocycles. The van der Waals surface area contributed by atoms with Crippen molar-refractivity contribution < 1.29 is 18.7 Å². The fourth-order valence-corrected chi connectivity index (χ4v) is 2.11. The van der Waals surface area contributed by atoms with Crippen LogP contribution in [0.5, 0.6) is 0 Å². The van der Waals surface area contributed by atoms with Crippen molar-refractivity contribution >= 4 is 18.0 Å². The average Bonchev–Trinajstić information content (AvgIpc) is 2.99. The van der Waals surface area contributed by atoms with Gasteiger partial charge in [0.15, 0.2) is 0 Å². The molecule has 6 heteroatoms. The van der Waals surface area contributed by atoms with Gasteiger partial charge < -0.3 is 14.5 Å². The number of esters is 1. The molecule has 2 aromatic heterocycles. The fraction of sp³-hybridized carbons (Fsp3) is 0.278. The van der Waals surface area contributed by atoms with Crippen LogP contribution in [0.1, 0.15) is 24.0 Å². The van der Waals surface area contributed by atoms with Crippen molar-refractivity contribution in [1.29, 1.82) is 0 Å². The van der Waals surface area contributed by atoms with E-state index in [-0.39, 0.29) is 6.61 Å². The lowest BCUT2D eigenvalue weighted by Crippen LogP contribution is -2.42. The zero-order valence-electron chi connectivity index (χ0n) is 13.7. The number of carbonyl (C=O) groups excluding carboxylic acids is 2. The maximum Gasteiger partial charge on any atom is 0.328 e. The van der Waals surface area contributed by atoms with Crippen LogP contribution in [-0.4, -0.2) is 29.5 Å². The predicted molar refractivity (Wildman–Crippen MR) is 89.0 cm³/mol. The Kier molecular flexibility index (Phi) is 6.31. The van der Waals surface area contributed by atoms with E-state index in [1.807, 2.05) is 13.0 Å². The molecule has 1 amide bonds. The molecule has 126 valence electrons. The van der Waals surface area contributed by atoms with Crippen molar-refractivity contribution in [3.63, 3.8) is 0 Å². The number of carbonyl (C=O) groups is 2. The van der Waals surface area contributed by atoms with Gasteiger partial charge in [-0.15, -0.1) is 0 Å². The fourth-order valence-electron chi connectivity index (χ4n) is 2.11. The minimum absolute atomic E-state index is 0.253. The second-order valence-corrected chi connectivity index (χ2v) is 5.15. The Hall–Kier alpha value is -2.89. The molecule has 0 saturated heterocycles. The van der Waals surface area contributed by atoms with Gasteiger partial charge in [0.25, 0.3) is 0 Å². The first-order chi connectivity index (χ1) is 11.6. The van der Waals surface area contributed by atoms with Crippen molar-refractivity contribution in [1.82, 2.24) is 10.3 Å². The normalized spacial score (nSPS) is 12.1. The number of amides is 1. The van der Waals surface area contributed by atoms with E-state index in [2.05, 4.69) is 10.3 Å². The maximum atomic E-state index is 12.1. The number of hydrogen-bond acceptors (Lipinski definition) is 5. The first-order valence-corrected chi connectivity index (χ1v) is 7.69. The number of hydrogen-bond donors (Lipinski definition) is 1. The molecule has 0 aliphatic rings. The van der Waals surface area contributed by atoms with Gasteiger partial charge in [-0.3, -0.25) is 9.78 Å². The highest BCUT2D eigenvalue weighted by atomic mass is 16.5. The quantitative estimate of drug-likeness (QED) is 0.623. The van der Waals surface area contributed by atoms with Gasteiger partial charge in [-0.05, 0) is 49.8 Å². The summed E-state index contributed by atoms with van der Waals surface area (Å²) in [4.78, 5) is 28.1. The summed E-state index contributed by atoms with van der Waals surface area (Å²) in [5, 5.41) is 2.66. The molecule has 0 radical (unpaired) electrons. The third kappa shape index (κ3) is 5.39. The van der Waals surface area contributed by atoms with Crippen LogP contribution in [0.2, 0.25) is 0 Å². The number of ether oxygens (including phenoxy) is 1. The number of furan rings is 1. The van der Waals surface area contributed by atoms with Crippen molar-refractivity contribution in [3.8, 4) is 0 Å². The first-order valence-electron chi connectivity index (χ1n) is 7.69. The molecule has 2 rings (SSSR count). The Morgan fingerprint density at radius 3 is 2.67 bits per heavy atom. The summed E-state index contributed by atoms with van der Waals surface area (Å²) in [6, 6.07) is 6.39. The Labute approximate surface area is 140 Å². The molecule has 1 atom stereocenters. The Balaban J connectivity index is 2.02. The lowest BCUT2D eigenvalue weighted by atomic mass is 10.1. The summed E-state index contributed by atoms with van der Waals surface area (Å²) in [7, 11) is 0. The van der Waals surface area contributed by atoms with Crippen molar-refractivity contribution in [2.24, 2.45) is 0 Å². The summed E-state index contributed by atoms with van der Waals surface area (Å²) in [5.41, 5.74) is 0.883. The highest BCUT2D eigenvalue weighted by Gasteiger charge is 2.21. The number of aromatic nitrogens is 1. The molecule has 0 aliphatic carbocycles. The lowest BCUT2D eigenvalue weighted by molar-refractivity contribution is -0.146. The molecule has 1 unspecified atom stereocenters. The molecule has 0 spiro atoms. The van der Waals surface area contributed by atoms with E-state index >= 15 is 0 Å². The highest BCUT2D eigenvalue weighted by molar-refractivity contribution is 5.94. The van der Waals surface area contributed by atoms with Crippen LogP contribution in [0.4, 0.5) is 0 Å². The van der Waals surface area contributed by atoms with E-state index in [4.69, 9.17) is 9.15 Å². The van der Waals surface area contributed by atoms with Gasteiger partial charge in [0, 0.05) is 24.9 Å². The van der Waals surface area contributed by atoms with Gasteiger partial charge in [-0.25, -0.2) is 4.79 Å². The SMILES string of the molecule is CCOC(=O)C(Cc1ccncc1)NC(=O)/C=C/c1ccc(C)o1. The Morgan fingerprint density at radius 2 is 2.04 bits per heavy atom. The average molecular weight is 328 g/mol. The molecule has 24 heavy (non-hydrogen) atoms. The number of pyridine rings is 1. The van der Waals surface area contributed by atoms with Crippen LogP contribution in [0.15, 0.2) is 47.2 Å². The smallest absolute Gasteiger partial charge is 0.328 e. The van der Waals surface area contributed by atoms with E-state index in [0.29, 0.717) is 12.2 Å². The number of aryl methyl sites for hydroxylation is 1. The molecular formula is C18H20N2O4. The van der Waals surface area contributed by atoms with Gasteiger partial charge in [0.1, 0.15) is 17.6 Å². The van der Waals surface area contributed by atoms with Crippen LogP contribution in [0.3, 0.4) is 0 Å². The van der Waals surface area contributed by atoms with Crippen LogP contribution in [-0.2, 0) is 20.7 Å². The number of rotatable bonds is 7. The Morgan fingerprint density at radius 1 is 1.29 bits per heavy atom. The second kappa shape index (κ2) is 8.67. The van der Waals surface area contributed by atoms with Crippen LogP contribution in [0.25, 0.3) is 6.08 Å². The van der Waals surface area contributed by atoms with Gasteiger partial charge in [-0.2, -0.15) is 0 Å². The third-order valence-corrected chi connectivity index (χ3v) is 3.24. The van der Waals surface area contributed by atoms with Crippen molar-refractivity contribution in [2.75, 3.05) is 6.61 Å². The maximum absolute atomic E-state index is 12.1. The van der Waals surface area contributed by atoms with Crippen LogP contribution in [0, 0.1) is 6.92 Å². The molecule has 1 N–H and O–H groups in total. The topological polar surface area (TPSA) is 81.4 Å². The molecule has 0 aliphatic heterocycles. The highest BCUT2D eigenvalue weighted by Crippen LogP contribution is 2.08. The third-order valence-electron chi connectivity index (χ3n) is 3.24. The van der Waals surface area contributed by atoms with E-state index < -0.39 is 17.9 Å². The summed E-state index contributed by atoms with van der Waals surface area (Å²) in [6.45, 7) is 3.80. The number of nitrogens with zero attached hydrogens (tertiary/aromatic N) is 1. The molecule has 0 aromatic carbocycles. The molecule has 0 fully saturated rings. The summed E-state index contributed by atoms with van der Waals surface area (Å²) < 4.78 is 10.4. The minimum Gasteiger partial charge on any atom is -0.464 e. The Bertz CT molecular complexity index is 707. The van der Waals surface area contributed by atoms with Gasteiger partial charge in [-0.1, -0.05) is 0 Å². The predicted octanol–water partition coefficient (Wildman–Crippen LogP) is 2.29. The number of nitrogens with one attached hydrogen (secondary N) is 1. The van der Waals surface area contributed by atoms with E-state index in [9.17, 15) is 9.59 Å². The molecule has 2 heterocycles. The zero-order valence-corrected chi connectivity index (χ0v) is 13.7. The van der Waals surface area contributed by atoms with Crippen molar-refractivity contribution in [3.05, 3.63) is 59.8 Å². The summed E-state index contributed by atoms with van der Waals surface area (Å²) in [6.07, 6.45) is 6.49. The largest absolute Gasteiger partial charge is 0.464 e. The van der Waals surface area contributed by atoms with Gasteiger partial charge in [0.05, 0.1) is 6.61 Å².